The van der Waals surface area contributed by atoms with E-state index in [0.717, 1.165) is 50.9 Å². The van der Waals surface area contributed by atoms with E-state index in [0.29, 0.717) is 23.4 Å². The zero-order chi connectivity index (χ0) is 21.4. The normalized spacial score (nSPS) is 19.2. The number of carbonyl (C=O) groups is 1. The molecule has 1 aromatic heterocycles. The summed E-state index contributed by atoms with van der Waals surface area (Å²) in [6.07, 6.45) is 1.98. The second-order valence-corrected chi connectivity index (χ2v) is 9.48. The van der Waals surface area contributed by atoms with Crippen molar-refractivity contribution in [1.82, 2.24) is 0 Å². The van der Waals surface area contributed by atoms with E-state index < -0.39 is 5.92 Å². The second-order valence-electron chi connectivity index (χ2n) is 7.33. The molecular formula is C23H22BrN3O2S. The largest absolute Gasteiger partial charge is 0.455 e. The van der Waals surface area contributed by atoms with E-state index >= 15 is 0 Å². The van der Waals surface area contributed by atoms with Crippen molar-refractivity contribution in [3.05, 3.63) is 68.8 Å². The number of hydrogen-bond acceptors (Lipinski definition) is 6. The Morgan fingerprint density at radius 1 is 1.37 bits per heavy atom. The third kappa shape index (κ3) is 3.48. The zero-order valence-corrected chi connectivity index (χ0v) is 19.3. The Morgan fingerprint density at radius 2 is 2.17 bits per heavy atom. The number of benzene rings is 1. The summed E-state index contributed by atoms with van der Waals surface area (Å²) in [7, 11) is 0. The summed E-state index contributed by atoms with van der Waals surface area (Å²) in [5.74, 6) is 1.55. The maximum Gasteiger partial charge on any atom is 0.164 e. The molecule has 0 saturated heterocycles. The van der Waals surface area contributed by atoms with Crippen LogP contribution < -0.4 is 10.6 Å². The van der Waals surface area contributed by atoms with Crippen molar-refractivity contribution in [1.29, 1.82) is 5.26 Å². The number of furan rings is 1. The summed E-state index contributed by atoms with van der Waals surface area (Å²) in [6, 6.07) is 12.0. The topological polar surface area (TPSA) is 83.3 Å². The number of ketones is 1. The first-order valence-electron chi connectivity index (χ1n) is 9.91. The van der Waals surface area contributed by atoms with E-state index in [9.17, 15) is 10.1 Å². The molecule has 2 aromatic rings. The molecule has 0 bridgehead atoms. The van der Waals surface area contributed by atoms with E-state index in [1.165, 1.54) is 0 Å². The van der Waals surface area contributed by atoms with Crippen LogP contribution in [0.4, 0.5) is 5.69 Å². The van der Waals surface area contributed by atoms with Gasteiger partial charge in [-0.15, -0.1) is 0 Å². The number of rotatable bonds is 4. The molecule has 0 spiro atoms. The Bertz CT molecular complexity index is 1130. The first kappa shape index (κ1) is 20.8. The number of thioether (sulfide) groups is 1. The molecule has 2 aliphatic rings. The van der Waals surface area contributed by atoms with E-state index in [-0.39, 0.29) is 5.78 Å². The molecule has 7 heteroatoms. The third-order valence-corrected chi connectivity index (χ3v) is 6.78. The molecule has 5 nitrogen and oxygen atoms in total. The molecule has 154 valence electrons. The maximum atomic E-state index is 13.2. The lowest BCUT2D eigenvalue weighted by Gasteiger charge is -2.39. The Balaban J connectivity index is 1.98. The highest BCUT2D eigenvalue weighted by atomic mass is 79.9. The predicted molar refractivity (Wildman–Crippen MR) is 122 cm³/mol. The first-order chi connectivity index (χ1) is 14.5. The monoisotopic (exact) mass is 483 g/mol. The minimum Gasteiger partial charge on any atom is -0.455 e. The smallest absolute Gasteiger partial charge is 0.164 e. The summed E-state index contributed by atoms with van der Waals surface area (Å²) in [5, 5.41) is 10.9. The fraction of sp³-hybridized carbons (Fsp3) is 0.304. The Labute approximate surface area is 188 Å². The highest BCUT2D eigenvalue weighted by molar-refractivity contribution is 9.10. The first-order valence-corrected chi connectivity index (χ1v) is 11.7. The highest BCUT2D eigenvalue weighted by Gasteiger charge is 2.42. The summed E-state index contributed by atoms with van der Waals surface area (Å²) >= 11 is 5.09. The average molecular weight is 484 g/mol. The Morgan fingerprint density at radius 3 is 2.87 bits per heavy atom. The van der Waals surface area contributed by atoms with E-state index in [2.05, 4.69) is 22.0 Å². The van der Waals surface area contributed by atoms with Gasteiger partial charge >= 0.3 is 0 Å². The van der Waals surface area contributed by atoms with Crippen molar-refractivity contribution in [2.75, 3.05) is 10.7 Å². The van der Waals surface area contributed by atoms with Gasteiger partial charge in [-0.1, -0.05) is 40.7 Å². The van der Waals surface area contributed by atoms with Gasteiger partial charge in [0.1, 0.15) is 11.6 Å². The van der Waals surface area contributed by atoms with Crippen LogP contribution in [0.1, 0.15) is 43.4 Å². The highest BCUT2D eigenvalue weighted by Crippen LogP contribution is 2.48. The standard InChI is InChI=1S/C23H22BrN3O2S/c1-3-30-23-16(10-13(2)29-23)20-17(12-25)22(26)27(15-7-4-6-14(24)11-15)18-8-5-9-19(28)21(18)20/h4,6-7,10-11,20H,3,5,8-9,26H2,1-2H3. The molecular weight excluding hydrogens is 462 g/mol. The van der Waals surface area contributed by atoms with Crippen LogP contribution in [0.2, 0.25) is 0 Å². The molecule has 4 rings (SSSR count). The number of nitrogens with two attached hydrogens (primary N) is 1. The van der Waals surface area contributed by atoms with Crippen LogP contribution in [0.3, 0.4) is 0 Å². The van der Waals surface area contributed by atoms with Crippen molar-refractivity contribution < 1.29 is 9.21 Å². The summed E-state index contributed by atoms with van der Waals surface area (Å²) in [6.45, 7) is 3.94. The number of carbonyl (C=O) groups excluding carboxylic acids is 1. The Hall–Kier alpha value is -2.43. The van der Waals surface area contributed by atoms with Crippen molar-refractivity contribution in [2.24, 2.45) is 5.73 Å². The molecule has 1 atom stereocenters. The molecule has 0 saturated carbocycles. The molecule has 0 fully saturated rings. The van der Waals surface area contributed by atoms with Crippen molar-refractivity contribution in [2.45, 2.75) is 44.1 Å². The molecule has 0 amide bonds. The third-order valence-electron chi connectivity index (χ3n) is 5.41. The van der Waals surface area contributed by atoms with Crippen LogP contribution in [0.15, 0.2) is 67.0 Å². The van der Waals surface area contributed by atoms with Gasteiger partial charge in [0.2, 0.25) is 0 Å². The van der Waals surface area contributed by atoms with Gasteiger partial charge in [0.15, 0.2) is 10.9 Å². The lowest BCUT2D eigenvalue weighted by molar-refractivity contribution is -0.116. The van der Waals surface area contributed by atoms with Gasteiger partial charge in [0, 0.05) is 33.4 Å². The minimum atomic E-state index is -0.493. The Kier molecular flexibility index (Phi) is 5.81. The van der Waals surface area contributed by atoms with Crippen molar-refractivity contribution >= 4 is 39.2 Å². The summed E-state index contributed by atoms with van der Waals surface area (Å²) < 4.78 is 6.82. The fourth-order valence-electron chi connectivity index (χ4n) is 4.27. The van der Waals surface area contributed by atoms with E-state index in [4.69, 9.17) is 10.2 Å². The molecule has 0 radical (unpaired) electrons. The molecule has 2 N–H and O–H groups in total. The van der Waals surface area contributed by atoms with Crippen LogP contribution in [0.25, 0.3) is 0 Å². The van der Waals surface area contributed by atoms with Gasteiger partial charge in [0.25, 0.3) is 0 Å². The van der Waals surface area contributed by atoms with Crippen LogP contribution in [-0.2, 0) is 4.79 Å². The number of nitriles is 1. The minimum absolute atomic E-state index is 0.0767. The fourth-order valence-corrected chi connectivity index (χ4v) is 5.45. The van der Waals surface area contributed by atoms with Crippen LogP contribution >= 0.6 is 27.7 Å². The average Bonchev–Trinajstić information content (AvgIpc) is 3.07. The van der Waals surface area contributed by atoms with Gasteiger partial charge in [-0.25, -0.2) is 0 Å². The molecule has 2 heterocycles. The molecule has 1 aliphatic carbocycles. The maximum absolute atomic E-state index is 13.2. The lowest BCUT2D eigenvalue weighted by atomic mass is 9.76. The van der Waals surface area contributed by atoms with E-state index in [1.807, 2.05) is 49.1 Å². The van der Waals surface area contributed by atoms with Crippen LogP contribution in [0, 0.1) is 18.3 Å². The zero-order valence-electron chi connectivity index (χ0n) is 16.9. The van der Waals surface area contributed by atoms with Gasteiger partial charge in [-0.3, -0.25) is 9.69 Å². The number of aryl methyl sites for hydroxylation is 1. The number of anilines is 1. The van der Waals surface area contributed by atoms with Gasteiger partial charge in [-0.2, -0.15) is 5.26 Å². The molecule has 1 aromatic carbocycles. The summed E-state index contributed by atoms with van der Waals surface area (Å²) in [4.78, 5) is 15.1. The quantitative estimate of drug-likeness (QED) is 0.555. The predicted octanol–water partition coefficient (Wildman–Crippen LogP) is 5.77. The number of hydrogen-bond donors (Lipinski definition) is 1. The number of Topliss-reactive ketones (excluding diaryl/α,β-unsaturated/α-hetero) is 1. The SMILES string of the molecule is CCSc1oc(C)cc1C1C(C#N)=C(N)N(c2cccc(Br)c2)C2=C1C(=O)CCC2. The molecule has 30 heavy (non-hydrogen) atoms. The van der Waals surface area contributed by atoms with Gasteiger partial charge < -0.3 is 10.2 Å². The van der Waals surface area contributed by atoms with Crippen LogP contribution in [0.5, 0.6) is 0 Å². The van der Waals surface area contributed by atoms with Crippen LogP contribution in [-0.4, -0.2) is 11.5 Å². The van der Waals surface area contributed by atoms with Crippen molar-refractivity contribution in [3.63, 3.8) is 0 Å². The number of nitrogens with zero attached hydrogens (tertiary/aromatic N) is 2. The number of halogens is 1. The van der Waals surface area contributed by atoms with Gasteiger partial charge in [-0.05, 0) is 49.8 Å². The molecule has 1 unspecified atom stereocenters. The van der Waals surface area contributed by atoms with E-state index in [1.54, 1.807) is 11.8 Å². The van der Waals surface area contributed by atoms with Crippen molar-refractivity contribution in [3.8, 4) is 6.07 Å². The number of allylic oxidation sites excluding steroid dienone is 3. The summed E-state index contributed by atoms with van der Waals surface area (Å²) in [5.41, 5.74) is 10.3. The lowest BCUT2D eigenvalue weighted by Crippen LogP contribution is -2.38. The second kappa shape index (κ2) is 8.37. The molecule has 1 aliphatic heterocycles. The van der Waals surface area contributed by atoms with Gasteiger partial charge in [0.05, 0.1) is 17.6 Å².